The fourth-order valence-corrected chi connectivity index (χ4v) is 1.32. The van der Waals surface area contributed by atoms with Gasteiger partial charge in [-0.2, -0.15) is 0 Å². The lowest BCUT2D eigenvalue weighted by atomic mass is 10.3. The molecule has 1 aromatic heterocycles. The largest absolute Gasteiger partial charge is 0.459 e. The fourth-order valence-electron chi connectivity index (χ4n) is 1.32. The number of hydrogen-bond donors (Lipinski definition) is 0. The summed E-state index contributed by atoms with van der Waals surface area (Å²) in [5.41, 5.74) is 2.32. The summed E-state index contributed by atoms with van der Waals surface area (Å²) in [6.45, 7) is 1.94. The quantitative estimate of drug-likeness (QED) is 0.737. The first-order valence-corrected chi connectivity index (χ1v) is 5.16. The molecule has 2 aromatic rings. The van der Waals surface area contributed by atoms with Gasteiger partial charge in [0.1, 0.15) is 6.61 Å². The van der Waals surface area contributed by atoms with Crippen molar-refractivity contribution in [1.82, 2.24) is 9.97 Å². The van der Waals surface area contributed by atoms with E-state index in [0.29, 0.717) is 12.1 Å². The zero-order valence-corrected chi connectivity index (χ0v) is 9.01. The van der Waals surface area contributed by atoms with E-state index in [1.807, 2.05) is 24.3 Å². The van der Waals surface area contributed by atoms with Crippen LogP contribution in [-0.2, 0) is 16.1 Å². The van der Waals surface area contributed by atoms with Crippen LogP contribution in [0.4, 0.5) is 0 Å². The van der Waals surface area contributed by atoms with Gasteiger partial charge in [0, 0.05) is 6.42 Å². The highest BCUT2D eigenvalue weighted by molar-refractivity contribution is 5.73. The molecule has 0 amide bonds. The normalized spacial score (nSPS) is 10.3. The minimum Gasteiger partial charge on any atom is -0.459 e. The SMILES string of the molecule is CCC(=O)OCc1cnc2ccccc2n1. The predicted octanol–water partition coefficient (Wildman–Crippen LogP) is 2.08. The number of para-hydroxylation sites is 2. The van der Waals surface area contributed by atoms with Gasteiger partial charge in [-0.15, -0.1) is 0 Å². The van der Waals surface area contributed by atoms with E-state index in [1.54, 1.807) is 13.1 Å². The zero-order valence-electron chi connectivity index (χ0n) is 9.01. The van der Waals surface area contributed by atoms with Crippen molar-refractivity contribution in [3.05, 3.63) is 36.2 Å². The second kappa shape index (κ2) is 4.70. The Bertz CT molecular complexity index is 511. The van der Waals surface area contributed by atoms with Gasteiger partial charge in [-0.1, -0.05) is 19.1 Å². The van der Waals surface area contributed by atoms with E-state index in [1.165, 1.54) is 0 Å². The third-order valence-corrected chi connectivity index (χ3v) is 2.17. The number of fused-ring (bicyclic) bond motifs is 1. The first-order valence-electron chi connectivity index (χ1n) is 5.16. The summed E-state index contributed by atoms with van der Waals surface area (Å²) in [6, 6.07) is 7.59. The van der Waals surface area contributed by atoms with E-state index in [4.69, 9.17) is 4.74 Å². The molecule has 0 aliphatic carbocycles. The summed E-state index contributed by atoms with van der Waals surface area (Å²) in [4.78, 5) is 19.6. The summed E-state index contributed by atoms with van der Waals surface area (Å²) in [5, 5.41) is 0. The predicted molar refractivity (Wildman–Crippen MR) is 59.6 cm³/mol. The van der Waals surface area contributed by atoms with Crippen molar-refractivity contribution < 1.29 is 9.53 Å². The average Bonchev–Trinajstić information content (AvgIpc) is 2.35. The molecule has 0 bridgehead atoms. The highest BCUT2D eigenvalue weighted by atomic mass is 16.5. The van der Waals surface area contributed by atoms with Crippen LogP contribution in [0.5, 0.6) is 0 Å². The molecule has 0 unspecified atom stereocenters. The molecule has 1 heterocycles. The second-order valence-corrected chi connectivity index (χ2v) is 3.36. The molecule has 4 heteroatoms. The molecule has 0 spiro atoms. The molecule has 0 saturated carbocycles. The van der Waals surface area contributed by atoms with E-state index >= 15 is 0 Å². The van der Waals surface area contributed by atoms with Gasteiger partial charge < -0.3 is 4.74 Å². The highest BCUT2D eigenvalue weighted by Crippen LogP contribution is 2.09. The number of ether oxygens (including phenoxy) is 1. The van der Waals surface area contributed by atoms with Crippen LogP contribution >= 0.6 is 0 Å². The standard InChI is InChI=1S/C12H12N2O2/c1-2-12(15)16-8-9-7-13-10-5-3-4-6-11(10)14-9/h3-7H,2,8H2,1H3. The first-order chi connectivity index (χ1) is 7.79. The minimum absolute atomic E-state index is 0.185. The number of carbonyl (C=O) groups excluding carboxylic acids is 1. The summed E-state index contributed by atoms with van der Waals surface area (Å²) >= 11 is 0. The van der Waals surface area contributed by atoms with Gasteiger partial charge in [-0.25, -0.2) is 4.98 Å². The van der Waals surface area contributed by atoms with Crippen molar-refractivity contribution in [3.8, 4) is 0 Å². The minimum atomic E-state index is -0.227. The van der Waals surface area contributed by atoms with Gasteiger partial charge in [-0.3, -0.25) is 9.78 Å². The maximum atomic E-state index is 11.0. The Hall–Kier alpha value is -1.97. The molecule has 0 aliphatic rings. The number of benzene rings is 1. The van der Waals surface area contributed by atoms with Crippen molar-refractivity contribution in [3.63, 3.8) is 0 Å². The van der Waals surface area contributed by atoms with E-state index < -0.39 is 0 Å². The molecule has 0 aliphatic heterocycles. The second-order valence-electron chi connectivity index (χ2n) is 3.36. The van der Waals surface area contributed by atoms with Crippen molar-refractivity contribution >= 4 is 17.0 Å². The van der Waals surface area contributed by atoms with E-state index in [2.05, 4.69) is 9.97 Å². The molecule has 0 N–H and O–H groups in total. The van der Waals surface area contributed by atoms with Crippen molar-refractivity contribution in [2.24, 2.45) is 0 Å². The van der Waals surface area contributed by atoms with Crippen LogP contribution in [0.15, 0.2) is 30.5 Å². The molecule has 82 valence electrons. The Morgan fingerprint density at radius 1 is 1.31 bits per heavy atom. The molecular formula is C12H12N2O2. The Balaban J connectivity index is 2.16. The Labute approximate surface area is 93.3 Å². The van der Waals surface area contributed by atoms with Crippen LogP contribution in [0.25, 0.3) is 11.0 Å². The monoisotopic (exact) mass is 216 g/mol. The van der Waals surface area contributed by atoms with Crippen molar-refractivity contribution in [1.29, 1.82) is 0 Å². The zero-order chi connectivity index (χ0) is 11.4. The van der Waals surface area contributed by atoms with E-state index in [9.17, 15) is 4.79 Å². The number of rotatable bonds is 3. The highest BCUT2D eigenvalue weighted by Gasteiger charge is 2.02. The Morgan fingerprint density at radius 2 is 2.06 bits per heavy atom. The van der Waals surface area contributed by atoms with Gasteiger partial charge in [0.2, 0.25) is 0 Å². The van der Waals surface area contributed by atoms with Crippen molar-refractivity contribution in [2.75, 3.05) is 0 Å². The van der Waals surface area contributed by atoms with Crippen LogP contribution in [0.2, 0.25) is 0 Å². The van der Waals surface area contributed by atoms with Crippen molar-refractivity contribution in [2.45, 2.75) is 20.0 Å². The smallest absolute Gasteiger partial charge is 0.305 e. The van der Waals surface area contributed by atoms with E-state index in [-0.39, 0.29) is 12.6 Å². The van der Waals surface area contributed by atoms with Crippen LogP contribution in [0.1, 0.15) is 19.0 Å². The maximum Gasteiger partial charge on any atom is 0.305 e. The lowest BCUT2D eigenvalue weighted by Gasteiger charge is -2.03. The number of hydrogen-bond acceptors (Lipinski definition) is 4. The maximum absolute atomic E-state index is 11.0. The van der Waals surface area contributed by atoms with E-state index in [0.717, 1.165) is 11.0 Å². The van der Waals surface area contributed by atoms with Crippen LogP contribution in [-0.4, -0.2) is 15.9 Å². The Morgan fingerprint density at radius 3 is 2.81 bits per heavy atom. The molecule has 0 saturated heterocycles. The number of nitrogens with zero attached hydrogens (tertiary/aromatic N) is 2. The molecule has 1 aromatic carbocycles. The van der Waals surface area contributed by atoms with Crippen LogP contribution < -0.4 is 0 Å². The molecule has 0 fully saturated rings. The first kappa shape index (κ1) is 10.5. The lowest BCUT2D eigenvalue weighted by molar-refractivity contribution is -0.144. The summed E-state index contributed by atoms with van der Waals surface area (Å²) in [7, 11) is 0. The number of esters is 1. The van der Waals surface area contributed by atoms with Gasteiger partial charge in [0.25, 0.3) is 0 Å². The molecule has 2 rings (SSSR count). The fraction of sp³-hybridized carbons (Fsp3) is 0.250. The van der Waals surface area contributed by atoms with Crippen LogP contribution in [0, 0.1) is 0 Å². The van der Waals surface area contributed by atoms with Crippen LogP contribution in [0.3, 0.4) is 0 Å². The molecule has 0 radical (unpaired) electrons. The number of carbonyl (C=O) groups is 1. The molecule has 4 nitrogen and oxygen atoms in total. The summed E-state index contributed by atoms with van der Waals surface area (Å²) in [5.74, 6) is -0.227. The average molecular weight is 216 g/mol. The molecular weight excluding hydrogens is 204 g/mol. The molecule has 16 heavy (non-hydrogen) atoms. The Kier molecular flexibility index (Phi) is 3.10. The van der Waals surface area contributed by atoms with Gasteiger partial charge >= 0.3 is 5.97 Å². The number of aromatic nitrogens is 2. The topological polar surface area (TPSA) is 52.1 Å². The summed E-state index contributed by atoms with van der Waals surface area (Å²) in [6.07, 6.45) is 2.01. The summed E-state index contributed by atoms with van der Waals surface area (Å²) < 4.78 is 4.98. The third kappa shape index (κ3) is 2.34. The van der Waals surface area contributed by atoms with Gasteiger partial charge in [-0.05, 0) is 12.1 Å². The molecule has 0 atom stereocenters. The third-order valence-electron chi connectivity index (χ3n) is 2.17. The van der Waals surface area contributed by atoms with Gasteiger partial charge in [0.05, 0.1) is 22.9 Å². The van der Waals surface area contributed by atoms with Gasteiger partial charge in [0.15, 0.2) is 0 Å². The lowest BCUT2D eigenvalue weighted by Crippen LogP contribution is -2.04.